The molecule has 0 saturated heterocycles. The topological polar surface area (TPSA) is 28.4 Å². The van der Waals surface area contributed by atoms with E-state index in [1.807, 2.05) is 0 Å². The maximum atomic E-state index is 5.93. The lowest BCUT2D eigenvalue weighted by atomic mass is 10.2. The zero-order valence-electron chi connectivity index (χ0n) is 12.7. The van der Waals surface area contributed by atoms with Gasteiger partial charge in [0.2, 0.25) is 0 Å². The van der Waals surface area contributed by atoms with Crippen LogP contribution in [0, 0.1) is 6.92 Å². The normalized spacial score (nSPS) is 13.6. The van der Waals surface area contributed by atoms with Crippen LogP contribution in [0.2, 0.25) is 0 Å². The molecule has 104 valence electrons. The minimum absolute atomic E-state index is 0.487. The number of rotatable bonds is 7. The Balaban J connectivity index is 2.60. The summed E-state index contributed by atoms with van der Waals surface area (Å²) in [5.41, 5.74) is 1.25. The van der Waals surface area contributed by atoms with Crippen molar-refractivity contribution in [3.63, 3.8) is 0 Å². The van der Waals surface area contributed by atoms with Crippen LogP contribution in [0.3, 0.4) is 0 Å². The highest BCUT2D eigenvalue weighted by Crippen LogP contribution is 2.17. The van der Waals surface area contributed by atoms with Gasteiger partial charge in [0, 0.05) is 12.1 Å². The molecular formula is C15H28N2O. The summed E-state index contributed by atoms with van der Waals surface area (Å²) in [6.45, 7) is 12.6. The molecule has 1 heterocycles. The molecule has 1 atom stereocenters. The number of hydrogen-bond acceptors (Lipinski definition) is 3. The van der Waals surface area contributed by atoms with Crippen molar-refractivity contribution in [3.05, 3.63) is 23.2 Å². The second kappa shape index (κ2) is 6.95. The molecule has 0 saturated carbocycles. The molecular weight excluding hydrogens is 224 g/mol. The third-order valence-corrected chi connectivity index (χ3v) is 3.49. The molecule has 0 aliphatic rings. The first-order chi connectivity index (χ1) is 8.43. The summed E-state index contributed by atoms with van der Waals surface area (Å²) in [6.07, 6.45) is 1.16. The zero-order chi connectivity index (χ0) is 13.7. The monoisotopic (exact) mass is 252 g/mol. The molecule has 3 heteroatoms. The van der Waals surface area contributed by atoms with Crippen LogP contribution >= 0.6 is 0 Å². The van der Waals surface area contributed by atoms with Gasteiger partial charge in [0.25, 0.3) is 0 Å². The molecule has 1 rings (SSSR count). The number of nitrogens with zero attached hydrogens (tertiary/aromatic N) is 1. The minimum atomic E-state index is 0.487. The van der Waals surface area contributed by atoms with Gasteiger partial charge in [-0.25, -0.2) is 0 Å². The second-order valence-corrected chi connectivity index (χ2v) is 5.53. The number of aryl methyl sites for hydroxylation is 1. The summed E-state index contributed by atoms with van der Waals surface area (Å²) in [4.78, 5) is 2.33. The summed E-state index contributed by atoms with van der Waals surface area (Å²) < 4.78 is 5.93. The predicted molar refractivity (Wildman–Crippen MR) is 76.6 cm³/mol. The van der Waals surface area contributed by atoms with E-state index >= 15 is 0 Å². The summed E-state index contributed by atoms with van der Waals surface area (Å²) in [7, 11) is 2.15. The summed E-state index contributed by atoms with van der Waals surface area (Å²) >= 11 is 0. The van der Waals surface area contributed by atoms with Crippen molar-refractivity contribution in [1.82, 2.24) is 10.2 Å². The van der Waals surface area contributed by atoms with Crippen molar-refractivity contribution in [3.8, 4) is 0 Å². The Kier molecular flexibility index (Phi) is 5.89. The maximum absolute atomic E-state index is 5.93. The van der Waals surface area contributed by atoms with E-state index < -0.39 is 0 Å². The Morgan fingerprint density at radius 1 is 1.33 bits per heavy atom. The van der Waals surface area contributed by atoms with Crippen molar-refractivity contribution in [1.29, 1.82) is 0 Å². The molecule has 0 spiro atoms. The third-order valence-electron chi connectivity index (χ3n) is 3.49. The Labute approximate surface area is 112 Å². The predicted octanol–water partition coefficient (Wildman–Crippen LogP) is 3.32. The molecule has 0 aliphatic heterocycles. The van der Waals surface area contributed by atoms with Gasteiger partial charge >= 0.3 is 0 Å². The minimum Gasteiger partial charge on any atom is -0.463 e. The van der Waals surface area contributed by atoms with Crippen LogP contribution in [0.4, 0.5) is 0 Å². The van der Waals surface area contributed by atoms with Crippen molar-refractivity contribution >= 4 is 0 Å². The van der Waals surface area contributed by atoms with Crippen LogP contribution in [0.25, 0.3) is 0 Å². The molecule has 1 aromatic heterocycles. The molecule has 1 aromatic rings. The van der Waals surface area contributed by atoms with Crippen LogP contribution in [0.15, 0.2) is 10.5 Å². The summed E-state index contributed by atoms with van der Waals surface area (Å²) in [6, 6.07) is 3.24. The lowest BCUT2D eigenvalue weighted by molar-refractivity contribution is 0.222. The quantitative estimate of drug-likeness (QED) is 0.807. The first-order valence-corrected chi connectivity index (χ1v) is 6.95. The molecule has 1 N–H and O–H groups in total. The van der Waals surface area contributed by atoms with E-state index in [0.29, 0.717) is 12.1 Å². The van der Waals surface area contributed by atoms with Gasteiger partial charge < -0.3 is 9.73 Å². The van der Waals surface area contributed by atoms with Gasteiger partial charge in [-0.1, -0.05) is 20.8 Å². The molecule has 0 fully saturated rings. The van der Waals surface area contributed by atoms with E-state index in [2.05, 4.69) is 57.9 Å². The van der Waals surface area contributed by atoms with Crippen molar-refractivity contribution in [2.45, 2.75) is 66.2 Å². The Morgan fingerprint density at radius 2 is 2.00 bits per heavy atom. The standard InChI is InChI=1S/C15H28N2O/c1-7-13(5)17(6)10-14-8-12(4)15(18-14)9-16-11(2)3/h8,11,13,16H,7,9-10H2,1-6H3. The van der Waals surface area contributed by atoms with Gasteiger partial charge in [0.05, 0.1) is 13.1 Å². The molecule has 0 bridgehead atoms. The van der Waals surface area contributed by atoms with Crippen molar-refractivity contribution in [2.75, 3.05) is 7.05 Å². The Morgan fingerprint density at radius 3 is 2.56 bits per heavy atom. The van der Waals surface area contributed by atoms with E-state index in [9.17, 15) is 0 Å². The molecule has 0 radical (unpaired) electrons. The van der Waals surface area contributed by atoms with Gasteiger partial charge in [-0.2, -0.15) is 0 Å². The maximum Gasteiger partial charge on any atom is 0.120 e. The first-order valence-electron chi connectivity index (χ1n) is 6.95. The highest BCUT2D eigenvalue weighted by Gasteiger charge is 2.12. The fourth-order valence-corrected chi connectivity index (χ4v) is 1.85. The first kappa shape index (κ1) is 15.3. The molecule has 3 nitrogen and oxygen atoms in total. The van der Waals surface area contributed by atoms with Gasteiger partial charge in [-0.15, -0.1) is 0 Å². The average Bonchev–Trinajstić information content (AvgIpc) is 2.65. The lowest BCUT2D eigenvalue weighted by Crippen LogP contribution is -2.27. The fourth-order valence-electron chi connectivity index (χ4n) is 1.85. The fraction of sp³-hybridized carbons (Fsp3) is 0.733. The van der Waals surface area contributed by atoms with Crippen LogP contribution in [-0.4, -0.2) is 24.0 Å². The summed E-state index contributed by atoms with van der Waals surface area (Å²) in [5.74, 6) is 2.13. The van der Waals surface area contributed by atoms with Crippen LogP contribution in [-0.2, 0) is 13.1 Å². The molecule has 0 amide bonds. The van der Waals surface area contributed by atoms with E-state index in [4.69, 9.17) is 4.42 Å². The molecule has 18 heavy (non-hydrogen) atoms. The smallest absolute Gasteiger partial charge is 0.120 e. The van der Waals surface area contributed by atoms with Crippen molar-refractivity contribution in [2.24, 2.45) is 0 Å². The van der Waals surface area contributed by atoms with Crippen LogP contribution < -0.4 is 5.32 Å². The van der Waals surface area contributed by atoms with Crippen LogP contribution in [0.5, 0.6) is 0 Å². The van der Waals surface area contributed by atoms with Gasteiger partial charge in [-0.05, 0) is 38.9 Å². The highest BCUT2D eigenvalue weighted by molar-refractivity contribution is 5.20. The van der Waals surface area contributed by atoms with E-state index in [0.717, 1.165) is 31.0 Å². The molecule has 0 aromatic carbocycles. The SMILES string of the molecule is CCC(C)N(C)Cc1cc(C)c(CNC(C)C)o1. The molecule has 0 aliphatic carbocycles. The largest absolute Gasteiger partial charge is 0.463 e. The van der Waals surface area contributed by atoms with Gasteiger partial charge in [0.15, 0.2) is 0 Å². The number of nitrogens with one attached hydrogen (secondary N) is 1. The highest BCUT2D eigenvalue weighted by atomic mass is 16.3. The van der Waals surface area contributed by atoms with E-state index in [1.54, 1.807) is 0 Å². The summed E-state index contributed by atoms with van der Waals surface area (Å²) in [5, 5.41) is 3.40. The number of hydrogen-bond donors (Lipinski definition) is 1. The average molecular weight is 252 g/mol. The Hall–Kier alpha value is -0.800. The Bertz CT molecular complexity index is 357. The second-order valence-electron chi connectivity index (χ2n) is 5.53. The van der Waals surface area contributed by atoms with Crippen LogP contribution in [0.1, 0.15) is 51.2 Å². The van der Waals surface area contributed by atoms with E-state index in [1.165, 1.54) is 5.56 Å². The number of furan rings is 1. The lowest BCUT2D eigenvalue weighted by Gasteiger charge is -2.22. The van der Waals surface area contributed by atoms with Crippen molar-refractivity contribution < 1.29 is 4.42 Å². The third kappa shape index (κ3) is 4.46. The molecule has 1 unspecified atom stereocenters. The van der Waals surface area contributed by atoms with Gasteiger partial charge in [-0.3, -0.25) is 4.90 Å². The van der Waals surface area contributed by atoms with E-state index in [-0.39, 0.29) is 0 Å². The van der Waals surface area contributed by atoms with Gasteiger partial charge in [0.1, 0.15) is 11.5 Å². The zero-order valence-corrected chi connectivity index (χ0v) is 12.7.